The molecule has 3 aromatic rings. The van der Waals surface area contributed by atoms with E-state index in [-0.39, 0.29) is 19.2 Å². The number of halogens is 2. The van der Waals surface area contributed by atoms with E-state index in [2.05, 4.69) is 10.4 Å². The molecule has 3 heterocycles. The Bertz CT molecular complexity index is 1130. The highest BCUT2D eigenvalue weighted by Crippen LogP contribution is 2.38. The highest BCUT2D eigenvalue weighted by molar-refractivity contribution is 6.02. The lowest BCUT2D eigenvalue weighted by Gasteiger charge is -2.27. The molecule has 7 nitrogen and oxygen atoms in total. The van der Waals surface area contributed by atoms with Crippen molar-refractivity contribution in [3.05, 3.63) is 65.5 Å². The normalized spacial score (nSPS) is 16.0. The summed E-state index contributed by atoms with van der Waals surface area (Å²) in [5.41, 5.74) is 1.94. The molecule has 2 aromatic heterocycles. The van der Waals surface area contributed by atoms with E-state index >= 15 is 0 Å². The number of hydrogen-bond acceptors (Lipinski definition) is 5. The molecule has 1 saturated heterocycles. The number of carbonyl (C=O) groups excluding carboxylic acids is 2. The second kappa shape index (κ2) is 8.71. The van der Waals surface area contributed by atoms with Crippen molar-refractivity contribution in [1.82, 2.24) is 14.9 Å². The number of esters is 1. The van der Waals surface area contributed by atoms with Crippen molar-refractivity contribution in [3.63, 3.8) is 0 Å². The minimum atomic E-state index is -0.523. The largest absolute Gasteiger partial charge is 0.465 e. The first kappa shape index (κ1) is 20.8. The van der Waals surface area contributed by atoms with Gasteiger partial charge in [0, 0.05) is 24.0 Å². The molecule has 0 spiro atoms. The van der Waals surface area contributed by atoms with Crippen LogP contribution in [0, 0.1) is 11.6 Å². The topological polar surface area (TPSA) is 75.9 Å². The van der Waals surface area contributed by atoms with Gasteiger partial charge in [-0.1, -0.05) is 0 Å². The van der Waals surface area contributed by atoms with Crippen LogP contribution in [-0.4, -0.2) is 41.2 Å². The summed E-state index contributed by atoms with van der Waals surface area (Å²) in [6.45, 7) is 2.36. The molecular formula is C22H22F2N4O3. The molecule has 1 aromatic carbocycles. The minimum Gasteiger partial charge on any atom is -0.465 e. The maximum absolute atomic E-state index is 14.4. The van der Waals surface area contributed by atoms with E-state index in [1.54, 1.807) is 23.7 Å². The van der Waals surface area contributed by atoms with Crippen LogP contribution < -0.4 is 10.2 Å². The van der Waals surface area contributed by atoms with E-state index in [9.17, 15) is 18.4 Å². The van der Waals surface area contributed by atoms with Crippen LogP contribution in [0.4, 0.5) is 14.5 Å². The number of pyridine rings is 1. The second-order valence-electron chi connectivity index (χ2n) is 7.28. The predicted molar refractivity (Wildman–Crippen MR) is 110 cm³/mol. The van der Waals surface area contributed by atoms with Gasteiger partial charge in [-0.3, -0.25) is 9.59 Å². The van der Waals surface area contributed by atoms with Crippen LogP contribution in [0.1, 0.15) is 41.7 Å². The molecule has 0 unspecified atom stereocenters. The molecular weight excluding hydrogens is 406 g/mol. The third-order valence-electron chi connectivity index (χ3n) is 5.35. The summed E-state index contributed by atoms with van der Waals surface area (Å²) in [4.78, 5) is 26.1. The maximum atomic E-state index is 14.4. The van der Waals surface area contributed by atoms with Crippen LogP contribution in [0.5, 0.6) is 0 Å². The molecule has 162 valence electrons. The van der Waals surface area contributed by atoms with Gasteiger partial charge < -0.3 is 15.0 Å². The summed E-state index contributed by atoms with van der Waals surface area (Å²) in [6, 6.07) is 6.81. The van der Waals surface area contributed by atoms with Gasteiger partial charge in [-0.15, -0.1) is 0 Å². The van der Waals surface area contributed by atoms with E-state index < -0.39 is 23.5 Å². The predicted octanol–water partition coefficient (Wildman–Crippen LogP) is 3.25. The number of fused-ring (bicyclic) bond motifs is 1. The molecule has 0 radical (unpaired) electrons. The second-order valence-corrected chi connectivity index (χ2v) is 7.28. The maximum Gasteiger partial charge on any atom is 0.325 e. The molecule has 1 aliphatic heterocycles. The molecule has 4 rings (SSSR count). The van der Waals surface area contributed by atoms with Gasteiger partial charge in [-0.25, -0.2) is 13.3 Å². The first-order valence-electron chi connectivity index (χ1n) is 10.1. The van der Waals surface area contributed by atoms with Crippen LogP contribution >= 0.6 is 0 Å². The quantitative estimate of drug-likeness (QED) is 0.610. The number of nitrogens with one attached hydrogen (secondary N) is 1. The summed E-state index contributed by atoms with van der Waals surface area (Å²) in [5, 5.41) is 6.71. The van der Waals surface area contributed by atoms with E-state index in [1.807, 2.05) is 11.0 Å². The Morgan fingerprint density at radius 2 is 2.10 bits per heavy atom. The Kier molecular flexibility index (Phi) is 5.83. The van der Waals surface area contributed by atoms with E-state index in [0.717, 1.165) is 24.2 Å². The van der Waals surface area contributed by atoms with E-state index in [0.29, 0.717) is 29.6 Å². The molecule has 1 amide bonds. The van der Waals surface area contributed by atoms with Crippen molar-refractivity contribution < 1.29 is 23.1 Å². The van der Waals surface area contributed by atoms with Crippen molar-refractivity contribution in [3.8, 4) is 0 Å². The Balaban J connectivity index is 1.61. The zero-order valence-electron chi connectivity index (χ0n) is 17.0. The molecule has 1 N–H and O–H groups in total. The van der Waals surface area contributed by atoms with Crippen molar-refractivity contribution in [2.24, 2.45) is 0 Å². The zero-order chi connectivity index (χ0) is 22.0. The Morgan fingerprint density at radius 3 is 2.90 bits per heavy atom. The van der Waals surface area contributed by atoms with Crippen LogP contribution in [0.15, 0.2) is 42.7 Å². The fraction of sp³-hybridized carbons (Fsp3) is 0.318. The number of anilines is 1. The van der Waals surface area contributed by atoms with Crippen molar-refractivity contribution in [2.45, 2.75) is 25.8 Å². The minimum absolute atomic E-state index is 0.234. The summed E-state index contributed by atoms with van der Waals surface area (Å²) < 4.78 is 34.5. The molecule has 0 saturated carbocycles. The molecule has 0 aliphatic carbocycles. The van der Waals surface area contributed by atoms with Crippen LogP contribution in [0.2, 0.25) is 0 Å². The fourth-order valence-electron chi connectivity index (χ4n) is 3.95. The van der Waals surface area contributed by atoms with E-state index in [1.165, 1.54) is 12.3 Å². The van der Waals surface area contributed by atoms with Crippen molar-refractivity contribution >= 4 is 23.1 Å². The van der Waals surface area contributed by atoms with Crippen LogP contribution in [0.25, 0.3) is 5.52 Å². The molecule has 0 bridgehead atoms. The standard InChI is InChI=1S/C22H22F2N4O3/c1-2-31-21(29)13-25-22(30)17-12-26-28-9-7-15(11-20(17)28)27-8-3-4-19(27)16-10-14(23)5-6-18(16)24/h5-7,9-12,19H,2-4,8,13H2,1H3,(H,25,30)/t19-/m1/s1. The third kappa shape index (κ3) is 4.21. The van der Waals surface area contributed by atoms with Gasteiger partial charge in [0.1, 0.15) is 18.2 Å². The fourth-order valence-corrected chi connectivity index (χ4v) is 3.95. The zero-order valence-corrected chi connectivity index (χ0v) is 17.0. The molecule has 31 heavy (non-hydrogen) atoms. The average Bonchev–Trinajstić information content (AvgIpc) is 3.40. The summed E-state index contributed by atoms with van der Waals surface area (Å²) >= 11 is 0. The Labute approximate surface area is 177 Å². The molecule has 9 heteroatoms. The lowest BCUT2D eigenvalue weighted by Crippen LogP contribution is -2.30. The highest BCUT2D eigenvalue weighted by Gasteiger charge is 2.29. The van der Waals surface area contributed by atoms with Crippen LogP contribution in [-0.2, 0) is 9.53 Å². The Hall–Kier alpha value is -3.49. The SMILES string of the molecule is CCOC(=O)CNC(=O)c1cnn2ccc(N3CCC[C@@H]3c3cc(F)ccc3F)cc12. The third-order valence-corrected chi connectivity index (χ3v) is 5.35. The first-order chi connectivity index (χ1) is 15.0. The number of rotatable bonds is 6. The van der Waals surface area contributed by atoms with Gasteiger partial charge in [-0.05, 0) is 50.1 Å². The molecule has 1 aliphatic rings. The van der Waals surface area contributed by atoms with Gasteiger partial charge in [0.15, 0.2) is 0 Å². The number of aromatic nitrogens is 2. The molecule has 1 fully saturated rings. The average molecular weight is 428 g/mol. The van der Waals surface area contributed by atoms with Gasteiger partial charge >= 0.3 is 5.97 Å². The molecule has 1 atom stereocenters. The lowest BCUT2D eigenvalue weighted by molar-refractivity contribution is -0.141. The number of benzene rings is 1. The number of amides is 1. The number of nitrogens with zero attached hydrogens (tertiary/aromatic N) is 3. The number of hydrogen-bond donors (Lipinski definition) is 1. The van der Waals surface area contributed by atoms with E-state index in [4.69, 9.17) is 4.74 Å². The van der Waals surface area contributed by atoms with Crippen molar-refractivity contribution in [2.75, 3.05) is 24.6 Å². The summed E-state index contributed by atoms with van der Waals surface area (Å²) in [6.07, 6.45) is 4.66. The summed E-state index contributed by atoms with van der Waals surface area (Å²) in [5.74, 6) is -1.89. The lowest BCUT2D eigenvalue weighted by atomic mass is 10.0. The van der Waals surface area contributed by atoms with Gasteiger partial charge in [0.25, 0.3) is 5.91 Å². The highest BCUT2D eigenvalue weighted by atomic mass is 19.1. The Morgan fingerprint density at radius 1 is 1.26 bits per heavy atom. The number of ether oxygens (including phenoxy) is 1. The first-order valence-corrected chi connectivity index (χ1v) is 10.1. The van der Waals surface area contributed by atoms with Gasteiger partial charge in [0.05, 0.1) is 29.9 Å². The summed E-state index contributed by atoms with van der Waals surface area (Å²) in [7, 11) is 0. The van der Waals surface area contributed by atoms with Gasteiger partial charge in [0.2, 0.25) is 0 Å². The van der Waals surface area contributed by atoms with Crippen molar-refractivity contribution in [1.29, 1.82) is 0 Å². The number of carbonyl (C=O) groups is 2. The monoisotopic (exact) mass is 428 g/mol. The van der Waals surface area contributed by atoms with Crippen LogP contribution in [0.3, 0.4) is 0 Å². The van der Waals surface area contributed by atoms with Gasteiger partial charge in [-0.2, -0.15) is 5.10 Å². The smallest absolute Gasteiger partial charge is 0.325 e.